The Balaban J connectivity index is 1.70. The first kappa shape index (κ1) is 19.3. The number of rotatable bonds is 6. The molecule has 6 nitrogen and oxygen atoms in total. The van der Waals surface area contributed by atoms with Gasteiger partial charge < -0.3 is 14.6 Å². The van der Waals surface area contributed by atoms with Crippen molar-refractivity contribution in [3.63, 3.8) is 0 Å². The topological polar surface area (TPSA) is 76.1 Å². The fourth-order valence-electron chi connectivity index (χ4n) is 2.45. The van der Waals surface area contributed by atoms with Crippen LogP contribution in [0.4, 0.5) is 4.79 Å². The van der Waals surface area contributed by atoms with Crippen molar-refractivity contribution in [1.82, 2.24) is 4.90 Å². The molecular weight excluding hydrogens is 434 g/mol. The number of hydrogen-bond acceptors (Lipinski definition) is 6. The van der Waals surface area contributed by atoms with Crippen LogP contribution in [0.15, 0.2) is 51.8 Å². The second kappa shape index (κ2) is 8.49. The van der Waals surface area contributed by atoms with Crippen LogP contribution in [0.3, 0.4) is 0 Å². The molecule has 0 aliphatic carbocycles. The molecule has 2 amide bonds. The highest BCUT2D eigenvalue weighted by molar-refractivity contribution is 9.10. The number of carbonyl (C=O) groups excluding carboxylic acids is 2. The lowest BCUT2D eigenvalue weighted by Gasteiger charge is -2.13. The van der Waals surface area contributed by atoms with E-state index >= 15 is 0 Å². The van der Waals surface area contributed by atoms with Crippen molar-refractivity contribution in [3.05, 3.63) is 57.4 Å². The number of hydrogen-bond donors (Lipinski definition) is 1. The molecule has 1 heterocycles. The number of phenols is 1. The zero-order chi connectivity index (χ0) is 19.4. The molecule has 0 radical (unpaired) electrons. The van der Waals surface area contributed by atoms with Gasteiger partial charge in [-0.15, -0.1) is 0 Å². The Kier molecular flexibility index (Phi) is 6.08. The van der Waals surface area contributed by atoms with E-state index in [1.807, 2.05) is 30.3 Å². The lowest BCUT2D eigenvalue weighted by atomic mass is 10.2. The molecule has 1 N–H and O–H groups in total. The lowest BCUT2D eigenvalue weighted by molar-refractivity contribution is -0.123. The van der Waals surface area contributed by atoms with Crippen LogP contribution >= 0.6 is 27.7 Å². The quantitative estimate of drug-likeness (QED) is 0.663. The van der Waals surface area contributed by atoms with Crippen LogP contribution in [0.1, 0.15) is 5.56 Å². The van der Waals surface area contributed by atoms with Crippen molar-refractivity contribution in [2.75, 3.05) is 20.3 Å². The predicted octanol–water partition coefficient (Wildman–Crippen LogP) is 4.28. The summed E-state index contributed by atoms with van der Waals surface area (Å²) in [5, 5.41) is 9.53. The van der Waals surface area contributed by atoms with Gasteiger partial charge in [0.1, 0.15) is 12.4 Å². The molecule has 0 bridgehead atoms. The van der Waals surface area contributed by atoms with Gasteiger partial charge in [-0.25, -0.2) is 0 Å². The van der Waals surface area contributed by atoms with E-state index in [-0.39, 0.29) is 35.8 Å². The van der Waals surface area contributed by atoms with Gasteiger partial charge in [-0.05, 0) is 63.6 Å². The van der Waals surface area contributed by atoms with Crippen molar-refractivity contribution in [3.8, 4) is 17.2 Å². The first-order valence-corrected chi connectivity index (χ1v) is 9.60. The van der Waals surface area contributed by atoms with Gasteiger partial charge in [-0.3, -0.25) is 14.5 Å². The Morgan fingerprint density at radius 3 is 2.67 bits per heavy atom. The summed E-state index contributed by atoms with van der Waals surface area (Å²) in [5.41, 5.74) is 0.627. The van der Waals surface area contributed by atoms with Crippen LogP contribution in [0.25, 0.3) is 6.08 Å². The number of ether oxygens (including phenoxy) is 2. The van der Waals surface area contributed by atoms with Gasteiger partial charge in [-0.1, -0.05) is 18.2 Å². The van der Waals surface area contributed by atoms with Crippen LogP contribution in [0, 0.1) is 0 Å². The summed E-state index contributed by atoms with van der Waals surface area (Å²) in [6.07, 6.45) is 1.59. The van der Waals surface area contributed by atoms with E-state index in [2.05, 4.69) is 15.9 Å². The summed E-state index contributed by atoms with van der Waals surface area (Å²) >= 11 is 4.11. The third-order valence-corrected chi connectivity index (χ3v) is 5.28. The standard InChI is InChI=1S/C19H16BrNO5S/c1-25-15-10-12(9-14(20)17(15)22)11-16-18(23)21(19(24)27-16)7-8-26-13-5-3-2-4-6-13/h2-6,9-11,22H,7-8H2,1H3/b16-11-. The molecular formula is C19H16BrNO5S. The van der Waals surface area contributed by atoms with E-state index < -0.39 is 0 Å². The van der Waals surface area contributed by atoms with Crippen molar-refractivity contribution in [2.24, 2.45) is 0 Å². The number of para-hydroxylation sites is 1. The summed E-state index contributed by atoms with van der Waals surface area (Å²) in [6, 6.07) is 12.4. The number of carbonyl (C=O) groups is 2. The smallest absolute Gasteiger partial charge is 0.293 e. The highest BCUT2D eigenvalue weighted by atomic mass is 79.9. The molecule has 0 spiro atoms. The number of aromatic hydroxyl groups is 1. The maximum absolute atomic E-state index is 12.5. The number of amides is 2. The molecule has 1 saturated heterocycles. The monoisotopic (exact) mass is 449 g/mol. The fraction of sp³-hybridized carbons (Fsp3) is 0.158. The van der Waals surface area contributed by atoms with Gasteiger partial charge in [0.25, 0.3) is 11.1 Å². The number of methoxy groups -OCH3 is 1. The molecule has 2 aromatic rings. The Bertz CT molecular complexity index is 900. The molecule has 0 saturated carbocycles. The summed E-state index contributed by atoms with van der Waals surface area (Å²) < 4.78 is 11.1. The van der Waals surface area contributed by atoms with Crippen molar-refractivity contribution in [2.45, 2.75) is 0 Å². The van der Waals surface area contributed by atoms with Crippen LogP contribution < -0.4 is 9.47 Å². The summed E-state index contributed by atoms with van der Waals surface area (Å²) in [7, 11) is 1.44. The largest absolute Gasteiger partial charge is 0.503 e. The van der Waals surface area contributed by atoms with Gasteiger partial charge in [0, 0.05) is 0 Å². The van der Waals surface area contributed by atoms with Gasteiger partial charge >= 0.3 is 0 Å². The molecule has 0 unspecified atom stereocenters. The molecule has 0 atom stereocenters. The molecule has 0 aromatic heterocycles. The highest BCUT2D eigenvalue weighted by Crippen LogP contribution is 2.38. The predicted molar refractivity (Wildman–Crippen MR) is 107 cm³/mol. The minimum Gasteiger partial charge on any atom is -0.503 e. The zero-order valence-electron chi connectivity index (χ0n) is 14.3. The van der Waals surface area contributed by atoms with Gasteiger partial charge in [0.05, 0.1) is 23.0 Å². The normalized spacial score (nSPS) is 15.5. The molecule has 27 heavy (non-hydrogen) atoms. The molecule has 1 fully saturated rings. The van der Waals surface area contributed by atoms with Gasteiger partial charge in [-0.2, -0.15) is 0 Å². The third-order valence-electron chi connectivity index (χ3n) is 3.77. The number of nitrogens with zero attached hydrogens (tertiary/aromatic N) is 1. The minimum absolute atomic E-state index is 0.0270. The number of imide groups is 1. The minimum atomic E-state index is -0.371. The van der Waals surface area contributed by atoms with Crippen molar-refractivity contribution < 1.29 is 24.2 Å². The molecule has 8 heteroatoms. The highest BCUT2D eigenvalue weighted by Gasteiger charge is 2.34. The molecule has 140 valence electrons. The first-order valence-electron chi connectivity index (χ1n) is 7.99. The van der Waals surface area contributed by atoms with E-state index in [0.29, 0.717) is 20.7 Å². The molecule has 1 aliphatic rings. The molecule has 1 aliphatic heterocycles. The molecule has 3 rings (SSSR count). The summed E-state index contributed by atoms with van der Waals surface area (Å²) in [5.74, 6) is 0.554. The second-order valence-corrected chi connectivity index (χ2v) is 7.40. The SMILES string of the molecule is COc1cc(/C=C2\SC(=O)N(CCOc3ccccc3)C2=O)cc(Br)c1O. The number of thioether (sulfide) groups is 1. The average molecular weight is 450 g/mol. The first-order chi connectivity index (χ1) is 13.0. The lowest BCUT2D eigenvalue weighted by Crippen LogP contribution is -2.32. The Hall–Kier alpha value is -2.45. The fourth-order valence-corrected chi connectivity index (χ4v) is 3.77. The van der Waals surface area contributed by atoms with E-state index in [9.17, 15) is 14.7 Å². The maximum atomic E-state index is 12.5. The van der Waals surface area contributed by atoms with E-state index in [1.54, 1.807) is 18.2 Å². The number of phenolic OH excluding ortho intramolecular Hbond substituents is 1. The molecule has 2 aromatic carbocycles. The van der Waals surface area contributed by atoms with Crippen LogP contribution in [0.5, 0.6) is 17.2 Å². The number of benzene rings is 2. The Morgan fingerprint density at radius 2 is 1.96 bits per heavy atom. The van der Waals surface area contributed by atoms with Crippen molar-refractivity contribution >= 4 is 44.9 Å². The van der Waals surface area contributed by atoms with E-state index in [1.165, 1.54) is 7.11 Å². The van der Waals surface area contributed by atoms with Crippen LogP contribution in [0.2, 0.25) is 0 Å². The average Bonchev–Trinajstić information content (AvgIpc) is 2.92. The van der Waals surface area contributed by atoms with E-state index in [0.717, 1.165) is 16.7 Å². The van der Waals surface area contributed by atoms with Crippen molar-refractivity contribution in [1.29, 1.82) is 0 Å². The van der Waals surface area contributed by atoms with Crippen LogP contribution in [-0.2, 0) is 4.79 Å². The van der Waals surface area contributed by atoms with E-state index in [4.69, 9.17) is 9.47 Å². The Morgan fingerprint density at radius 1 is 1.22 bits per heavy atom. The summed E-state index contributed by atoms with van der Waals surface area (Å²) in [6.45, 7) is 0.382. The maximum Gasteiger partial charge on any atom is 0.293 e. The third kappa shape index (κ3) is 4.45. The zero-order valence-corrected chi connectivity index (χ0v) is 16.7. The Labute approximate surface area is 168 Å². The number of halogens is 1. The second-order valence-electron chi connectivity index (χ2n) is 5.55. The van der Waals surface area contributed by atoms with Gasteiger partial charge in [0.15, 0.2) is 11.5 Å². The van der Waals surface area contributed by atoms with Gasteiger partial charge in [0.2, 0.25) is 0 Å². The summed E-state index contributed by atoms with van der Waals surface area (Å²) in [4.78, 5) is 26.2. The van der Waals surface area contributed by atoms with Crippen LogP contribution in [-0.4, -0.2) is 41.4 Å².